The van der Waals surface area contributed by atoms with Gasteiger partial charge in [0.25, 0.3) is 0 Å². The first-order valence-corrected chi connectivity index (χ1v) is 3.47. The maximum atomic E-state index is 12.2. The van der Waals surface area contributed by atoms with Crippen LogP contribution in [0.25, 0.3) is 0 Å². The molecular weight excluding hydrogens is 119 g/mol. The van der Waals surface area contributed by atoms with Gasteiger partial charge in [-0.05, 0) is 19.4 Å². The fraction of sp³-hybridized carbons (Fsp3) is 1.00. The largest absolute Gasteiger partial charge is 0.309 e. The fourth-order valence-corrected chi connectivity index (χ4v) is 1.75. The maximum Gasteiger partial charge on any atom is 0.0490 e. The fourth-order valence-electron chi connectivity index (χ4n) is 1.75. The van der Waals surface area contributed by atoms with Crippen molar-refractivity contribution >= 4 is 0 Å². The minimum atomic E-state index is 0.189. The zero-order chi connectivity index (χ0) is 6.32. The molecule has 2 aliphatic rings. The van der Waals surface area contributed by atoms with Crippen molar-refractivity contribution in [2.24, 2.45) is 0 Å². The van der Waals surface area contributed by atoms with Crippen LogP contribution in [0, 0.1) is 0 Å². The molecule has 0 bridgehead atoms. The summed E-state index contributed by atoms with van der Waals surface area (Å²) >= 11 is 0. The Morgan fingerprint density at radius 3 is 2.67 bits per heavy atom. The Hall–Kier alpha value is -0.150. The van der Waals surface area contributed by atoms with Crippen LogP contribution in [0.4, 0.5) is 4.48 Å². The number of rotatable bonds is 0. The van der Waals surface area contributed by atoms with E-state index in [0.717, 1.165) is 18.1 Å². The van der Waals surface area contributed by atoms with E-state index in [4.69, 9.17) is 0 Å². The van der Waals surface area contributed by atoms with Crippen molar-refractivity contribution in [2.45, 2.75) is 18.4 Å². The van der Waals surface area contributed by atoms with Gasteiger partial charge in [0.15, 0.2) is 0 Å². The summed E-state index contributed by atoms with van der Waals surface area (Å²) in [5, 5.41) is 4.19. The Balaban J connectivity index is 1.95. The monoisotopic (exact) mass is 130 g/mol. The van der Waals surface area contributed by atoms with E-state index in [1.807, 2.05) is 0 Å². The van der Waals surface area contributed by atoms with Crippen LogP contribution in [0.15, 0.2) is 0 Å². The molecule has 0 aromatic heterocycles. The quantitative estimate of drug-likeness (QED) is 0.475. The smallest absolute Gasteiger partial charge is 0.0490 e. The highest BCUT2D eigenvalue weighted by atomic mass is 19.2. The molecule has 2 rings (SSSR count). The summed E-state index contributed by atoms with van der Waals surface area (Å²) in [4.78, 5) is 0. The zero-order valence-corrected chi connectivity index (χ0v) is 5.36. The lowest BCUT2D eigenvalue weighted by atomic mass is 9.91. The van der Waals surface area contributed by atoms with E-state index < -0.39 is 0 Å². The summed E-state index contributed by atoms with van der Waals surface area (Å²) in [5.41, 5.74) is 0.189. The van der Waals surface area contributed by atoms with Gasteiger partial charge in [0.1, 0.15) is 0 Å². The van der Waals surface area contributed by atoms with Crippen molar-refractivity contribution in [3.8, 4) is 0 Å². The molecular formula is C6H11FN2. The second kappa shape index (κ2) is 1.67. The SMILES string of the molecule is FN1CC2(CCCN2)C1. The molecule has 2 saturated heterocycles. The van der Waals surface area contributed by atoms with E-state index in [1.54, 1.807) is 0 Å². The van der Waals surface area contributed by atoms with E-state index in [9.17, 15) is 4.48 Å². The second-order valence-corrected chi connectivity index (χ2v) is 3.09. The Kier molecular flexibility index (Phi) is 1.04. The molecule has 52 valence electrons. The van der Waals surface area contributed by atoms with Gasteiger partial charge in [-0.3, -0.25) is 0 Å². The lowest BCUT2D eigenvalue weighted by molar-refractivity contribution is -0.0981. The molecule has 0 aromatic rings. The Bertz CT molecular complexity index is 112. The molecule has 1 N–H and O–H groups in total. The molecule has 0 aliphatic carbocycles. The summed E-state index contributed by atoms with van der Waals surface area (Å²) in [5.74, 6) is 0. The minimum absolute atomic E-state index is 0.189. The van der Waals surface area contributed by atoms with Gasteiger partial charge in [0.2, 0.25) is 0 Å². The van der Waals surface area contributed by atoms with Crippen LogP contribution in [0.3, 0.4) is 0 Å². The zero-order valence-electron chi connectivity index (χ0n) is 5.36. The molecule has 2 heterocycles. The summed E-state index contributed by atoms with van der Waals surface area (Å²) in [7, 11) is 0. The molecule has 2 fully saturated rings. The highest BCUT2D eigenvalue weighted by molar-refractivity contribution is 5.02. The molecule has 9 heavy (non-hydrogen) atoms. The van der Waals surface area contributed by atoms with Crippen LogP contribution >= 0.6 is 0 Å². The number of nitrogens with one attached hydrogen (secondary N) is 1. The summed E-state index contributed by atoms with van der Waals surface area (Å²) in [6.07, 6.45) is 2.38. The first-order valence-electron chi connectivity index (χ1n) is 3.47. The van der Waals surface area contributed by atoms with Gasteiger partial charge in [-0.1, -0.05) is 0 Å². The van der Waals surface area contributed by atoms with Gasteiger partial charge in [0.05, 0.1) is 0 Å². The van der Waals surface area contributed by atoms with E-state index >= 15 is 0 Å². The van der Waals surface area contributed by atoms with E-state index in [1.165, 1.54) is 6.42 Å². The number of hydrogen-bond donors (Lipinski definition) is 1. The first kappa shape index (κ1) is 5.62. The topological polar surface area (TPSA) is 15.3 Å². The van der Waals surface area contributed by atoms with E-state index in [-0.39, 0.29) is 5.54 Å². The Labute approximate surface area is 54.0 Å². The highest BCUT2D eigenvalue weighted by Gasteiger charge is 2.45. The van der Waals surface area contributed by atoms with Crippen molar-refractivity contribution in [1.82, 2.24) is 10.4 Å². The van der Waals surface area contributed by atoms with Gasteiger partial charge in [-0.15, -0.1) is 9.60 Å². The molecule has 0 atom stereocenters. The summed E-state index contributed by atoms with van der Waals surface area (Å²) in [6, 6.07) is 0. The summed E-state index contributed by atoms with van der Waals surface area (Å²) < 4.78 is 12.2. The third kappa shape index (κ3) is 0.756. The van der Waals surface area contributed by atoms with Crippen LogP contribution in [-0.4, -0.2) is 30.3 Å². The molecule has 2 nitrogen and oxygen atoms in total. The van der Waals surface area contributed by atoms with Crippen LogP contribution in [0.5, 0.6) is 0 Å². The molecule has 0 aromatic carbocycles. The lowest BCUT2D eigenvalue weighted by Gasteiger charge is -2.42. The van der Waals surface area contributed by atoms with E-state index in [0.29, 0.717) is 13.1 Å². The van der Waals surface area contributed by atoms with Gasteiger partial charge in [-0.25, -0.2) is 0 Å². The molecule has 0 unspecified atom stereocenters. The number of nitrogens with zero attached hydrogens (tertiary/aromatic N) is 1. The van der Waals surface area contributed by atoms with Crippen LogP contribution < -0.4 is 5.32 Å². The standard InChI is InChI=1S/C6H11FN2/c7-9-4-6(5-9)2-1-3-8-6/h8H,1-5H2. The van der Waals surface area contributed by atoms with Crippen molar-refractivity contribution < 1.29 is 4.48 Å². The van der Waals surface area contributed by atoms with Crippen LogP contribution in [-0.2, 0) is 0 Å². The number of hydrogen-bond acceptors (Lipinski definition) is 2. The third-order valence-electron chi connectivity index (χ3n) is 2.28. The molecule has 0 saturated carbocycles. The van der Waals surface area contributed by atoms with Crippen LogP contribution in [0.1, 0.15) is 12.8 Å². The van der Waals surface area contributed by atoms with Crippen molar-refractivity contribution in [2.75, 3.05) is 19.6 Å². The predicted octanol–water partition coefficient (Wildman–Crippen LogP) is 0.309. The Morgan fingerprint density at radius 2 is 2.22 bits per heavy atom. The van der Waals surface area contributed by atoms with Gasteiger partial charge in [0, 0.05) is 18.6 Å². The van der Waals surface area contributed by atoms with Crippen molar-refractivity contribution in [3.05, 3.63) is 0 Å². The van der Waals surface area contributed by atoms with Gasteiger partial charge >= 0.3 is 0 Å². The summed E-state index contributed by atoms with van der Waals surface area (Å²) in [6.45, 7) is 2.29. The average molecular weight is 130 g/mol. The Morgan fingerprint density at radius 1 is 1.44 bits per heavy atom. The average Bonchev–Trinajstić information content (AvgIpc) is 2.12. The third-order valence-corrected chi connectivity index (χ3v) is 2.28. The normalized spacial score (nSPS) is 33.0. The molecule has 2 aliphatic heterocycles. The van der Waals surface area contributed by atoms with Crippen LogP contribution in [0.2, 0.25) is 0 Å². The number of halogens is 1. The van der Waals surface area contributed by atoms with Gasteiger partial charge < -0.3 is 5.32 Å². The molecule has 0 radical (unpaired) electrons. The van der Waals surface area contributed by atoms with Gasteiger partial charge in [-0.2, -0.15) is 0 Å². The second-order valence-electron chi connectivity index (χ2n) is 3.09. The van der Waals surface area contributed by atoms with Crippen molar-refractivity contribution in [1.29, 1.82) is 0 Å². The van der Waals surface area contributed by atoms with Crippen molar-refractivity contribution in [3.63, 3.8) is 0 Å². The molecule has 1 spiro atoms. The molecule has 0 amide bonds. The maximum absolute atomic E-state index is 12.2. The highest BCUT2D eigenvalue weighted by Crippen LogP contribution is 2.29. The van der Waals surface area contributed by atoms with E-state index in [2.05, 4.69) is 5.32 Å². The molecule has 3 heteroatoms. The lowest BCUT2D eigenvalue weighted by Crippen LogP contribution is -2.63. The predicted molar refractivity (Wildman–Crippen MR) is 32.6 cm³/mol. The minimum Gasteiger partial charge on any atom is -0.309 e. The first-order chi connectivity index (χ1) is 4.31.